The van der Waals surface area contributed by atoms with Crippen molar-refractivity contribution in [3.8, 4) is 17.2 Å². The molecule has 11 heteroatoms. The Balaban J connectivity index is 1.35. The molecule has 0 saturated heterocycles. The van der Waals surface area contributed by atoms with Gasteiger partial charge in [-0.25, -0.2) is 9.78 Å². The summed E-state index contributed by atoms with van der Waals surface area (Å²) < 4.78 is 16.4. The van der Waals surface area contributed by atoms with E-state index >= 15 is 0 Å². The van der Waals surface area contributed by atoms with E-state index in [0.717, 1.165) is 30.7 Å². The number of nitrogens with one attached hydrogen (secondary N) is 2. The Hall–Kier alpha value is -4.02. The molecule has 2 fully saturated rings. The molecule has 1 aromatic carbocycles. The Morgan fingerprint density at radius 1 is 1.02 bits per heavy atom. The molecule has 0 spiro atoms. The van der Waals surface area contributed by atoms with Crippen LogP contribution in [-0.2, 0) is 11.3 Å². The van der Waals surface area contributed by atoms with Crippen molar-refractivity contribution in [2.75, 3.05) is 43.5 Å². The van der Waals surface area contributed by atoms with E-state index in [2.05, 4.69) is 22.2 Å². The molecule has 0 bridgehead atoms. The van der Waals surface area contributed by atoms with Gasteiger partial charge in [0, 0.05) is 43.0 Å². The van der Waals surface area contributed by atoms with Gasteiger partial charge in [0.1, 0.15) is 5.82 Å². The molecule has 5 rings (SSSR count). The van der Waals surface area contributed by atoms with Crippen molar-refractivity contribution >= 4 is 29.4 Å². The molecule has 0 radical (unpaired) electrons. The van der Waals surface area contributed by atoms with E-state index < -0.39 is 0 Å². The summed E-state index contributed by atoms with van der Waals surface area (Å²) in [5, 5.41) is 6.62. The highest BCUT2D eigenvalue weighted by atomic mass is 16.5. The Morgan fingerprint density at radius 3 is 2.37 bits per heavy atom. The van der Waals surface area contributed by atoms with Gasteiger partial charge in [0.2, 0.25) is 17.6 Å². The maximum Gasteiger partial charge on any atom is 0.330 e. The molecule has 2 N–H and O–H groups in total. The number of methoxy groups -OCH3 is 3. The van der Waals surface area contributed by atoms with Crippen LogP contribution in [0.2, 0.25) is 0 Å². The Bertz CT molecular complexity index is 1270. The third-order valence-corrected chi connectivity index (χ3v) is 8.75. The normalized spacial score (nSPS) is 22.6. The smallest absolute Gasteiger partial charge is 0.330 e. The highest BCUT2D eigenvalue weighted by Crippen LogP contribution is 2.43. The fraction of sp³-hybridized carbons (Fsp3) is 0.533. The first kappa shape index (κ1) is 28.5. The van der Waals surface area contributed by atoms with Crippen LogP contribution in [0, 0.1) is 11.8 Å². The molecule has 3 amide bonds. The number of amides is 3. The van der Waals surface area contributed by atoms with E-state index in [4.69, 9.17) is 19.2 Å². The number of carbonyl (C=O) groups is 2. The fourth-order valence-corrected chi connectivity index (χ4v) is 6.60. The highest BCUT2D eigenvalue weighted by molar-refractivity contribution is 6.05. The third-order valence-electron chi connectivity index (χ3n) is 8.75. The molecule has 1 aromatic heterocycles. The molecule has 11 nitrogen and oxygen atoms in total. The average Bonchev–Trinajstić information content (AvgIpc) is 3.54. The zero-order chi connectivity index (χ0) is 29.1. The minimum atomic E-state index is -0.246. The van der Waals surface area contributed by atoms with Gasteiger partial charge < -0.3 is 24.8 Å². The van der Waals surface area contributed by atoms with Crippen molar-refractivity contribution in [2.45, 2.75) is 63.6 Å². The predicted octanol–water partition coefficient (Wildman–Crippen LogP) is 4.52. The number of urea groups is 1. The molecular formula is C30H40N6O5. The van der Waals surface area contributed by atoms with E-state index in [-0.39, 0.29) is 30.6 Å². The van der Waals surface area contributed by atoms with E-state index in [0.29, 0.717) is 40.6 Å². The van der Waals surface area contributed by atoms with E-state index in [1.54, 1.807) is 30.3 Å². The molecule has 3 aliphatic rings. The average molecular weight is 565 g/mol. The van der Waals surface area contributed by atoms with Crippen molar-refractivity contribution < 1.29 is 23.8 Å². The lowest BCUT2D eigenvalue weighted by molar-refractivity contribution is -0.117. The second-order valence-corrected chi connectivity index (χ2v) is 11.0. The quantitative estimate of drug-likeness (QED) is 0.427. The number of ether oxygens (including phenoxy) is 3. The number of hydrogen-bond acceptors (Lipinski definition) is 8. The van der Waals surface area contributed by atoms with E-state index in [1.165, 1.54) is 58.0 Å². The molecular weight excluding hydrogens is 524 g/mol. The number of benzene rings is 1. The summed E-state index contributed by atoms with van der Waals surface area (Å²) in [5.41, 5.74) is 1.40. The lowest BCUT2D eigenvalue weighted by Crippen LogP contribution is -2.51. The van der Waals surface area contributed by atoms with Crippen molar-refractivity contribution in [2.24, 2.45) is 11.8 Å². The minimum absolute atomic E-state index is 0.0186. The van der Waals surface area contributed by atoms with Gasteiger partial charge in [-0.05, 0) is 37.2 Å². The SMILES string of the molecule is C=CC(=O)N[C@H]1CC(C2CCCC2)CC[C@H]1Nc1ncc2c(n1)N(C)C(=O)N(c1cc(OC)c(OC)c(OC)c1)C2. The Morgan fingerprint density at radius 2 is 1.73 bits per heavy atom. The van der Waals surface area contributed by atoms with Gasteiger partial charge in [-0.2, -0.15) is 4.98 Å². The van der Waals surface area contributed by atoms with Crippen LogP contribution in [0.5, 0.6) is 17.2 Å². The van der Waals surface area contributed by atoms with Crippen molar-refractivity contribution in [1.82, 2.24) is 15.3 Å². The maximum atomic E-state index is 13.5. The van der Waals surface area contributed by atoms with Crippen LogP contribution < -0.4 is 34.6 Å². The topological polar surface area (TPSA) is 118 Å². The van der Waals surface area contributed by atoms with Gasteiger partial charge in [-0.3, -0.25) is 14.6 Å². The Kier molecular flexibility index (Phi) is 8.51. The molecule has 1 unspecified atom stereocenters. The molecule has 1 aliphatic heterocycles. The Labute approximate surface area is 241 Å². The zero-order valence-electron chi connectivity index (χ0n) is 24.3. The standard InChI is InChI=1S/C30H40N6O5/c1-6-26(37)32-23-13-19(18-9-7-8-10-18)11-12-22(23)33-29-31-16-20-17-36(30(38)35(2)28(20)34-29)21-14-24(39-3)27(41-5)25(15-21)40-4/h6,14-16,18-19,22-23H,1,7-13,17H2,2-5H3,(H,32,37)(H,31,33,34)/t19?,22-,23+/m1/s1. The molecule has 220 valence electrons. The summed E-state index contributed by atoms with van der Waals surface area (Å²) in [6.07, 6.45) is 11.2. The second kappa shape index (κ2) is 12.2. The van der Waals surface area contributed by atoms with Crippen LogP contribution in [0.4, 0.5) is 22.2 Å². The van der Waals surface area contributed by atoms with Crippen molar-refractivity contribution in [3.05, 3.63) is 36.5 Å². The molecule has 2 aromatic rings. The first-order valence-corrected chi connectivity index (χ1v) is 14.3. The first-order chi connectivity index (χ1) is 19.9. The summed E-state index contributed by atoms with van der Waals surface area (Å²) in [7, 11) is 6.31. The minimum Gasteiger partial charge on any atom is -0.493 e. The van der Waals surface area contributed by atoms with Crippen LogP contribution in [0.3, 0.4) is 0 Å². The number of carbonyl (C=O) groups excluding carboxylic acids is 2. The molecule has 2 saturated carbocycles. The van der Waals surface area contributed by atoms with Crippen LogP contribution in [0.25, 0.3) is 0 Å². The number of rotatable bonds is 9. The predicted molar refractivity (Wildman–Crippen MR) is 157 cm³/mol. The molecule has 3 atom stereocenters. The lowest BCUT2D eigenvalue weighted by Gasteiger charge is -2.39. The second-order valence-electron chi connectivity index (χ2n) is 11.0. The van der Waals surface area contributed by atoms with E-state index in [9.17, 15) is 9.59 Å². The van der Waals surface area contributed by atoms with Crippen molar-refractivity contribution in [1.29, 1.82) is 0 Å². The third kappa shape index (κ3) is 5.75. The van der Waals surface area contributed by atoms with Gasteiger partial charge >= 0.3 is 6.03 Å². The largest absolute Gasteiger partial charge is 0.493 e. The van der Waals surface area contributed by atoms with E-state index in [1.807, 2.05) is 0 Å². The van der Waals surface area contributed by atoms with Gasteiger partial charge in [0.05, 0.1) is 33.6 Å². The maximum absolute atomic E-state index is 13.5. The molecule has 41 heavy (non-hydrogen) atoms. The monoisotopic (exact) mass is 564 g/mol. The van der Waals surface area contributed by atoms with Crippen LogP contribution in [-0.4, -0.2) is 62.4 Å². The number of nitrogens with zero attached hydrogens (tertiary/aromatic N) is 4. The zero-order valence-corrected chi connectivity index (χ0v) is 24.3. The fourth-order valence-electron chi connectivity index (χ4n) is 6.60. The summed E-state index contributed by atoms with van der Waals surface area (Å²) >= 11 is 0. The van der Waals surface area contributed by atoms with Gasteiger partial charge in [-0.15, -0.1) is 0 Å². The van der Waals surface area contributed by atoms with Gasteiger partial charge in [0.25, 0.3) is 0 Å². The van der Waals surface area contributed by atoms with Gasteiger partial charge in [0.15, 0.2) is 11.5 Å². The molecule has 2 heterocycles. The van der Waals surface area contributed by atoms with Crippen molar-refractivity contribution in [3.63, 3.8) is 0 Å². The summed E-state index contributed by atoms with van der Waals surface area (Å²) in [4.78, 5) is 38.3. The molecule has 2 aliphatic carbocycles. The summed E-state index contributed by atoms with van der Waals surface area (Å²) in [6, 6.07) is 3.18. The van der Waals surface area contributed by atoms with Crippen LogP contribution >= 0.6 is 0 Å². The van der Waals surface area contributed by atoms with Crippen LogP contribution in [0.1, 0.15) is 50.5 Å². The van der Waals surface area contributed by atoms with Gasteiger partial charge in [-0.1, -0.05) is 32.3 Å². The summed E-state index contributed by atoms with van der Waals surface area (Å²) in [5.74, 6) is 3.54. The number of fused-ring (bicyclic) bond motifs is 1. The number of aromatic nitrogens is 2. The lowest BCUT2D eigenvalue weighted by atomic mass is 9.75. The van der Waals surface area contributed by atoms with Crippen LogP contribution in [0.15, 0.2) is 31.0 Å². The highest BCUT2D eigenvalue weighted by Gasteiger charge is 2.37. The first-order valence-electron chi connectivity index (χ1n) is 14.3. The summed E-state index contributed by atoms with van der Waals surface area (Å²) in [6.45, 7) is 3.91. The number of hydrogen-bond donors (Lipinski definition) is 2. The number of anilines is 3.